The van der Waals surface area contributed by atoms with E-state index in [0.717, 1.165) is 12.0 Å². The number of methoxy groups -OCH3 is 1. The molecule has 4 heteroatoms. The predicted molar refractivity (Wildman–Crippen MR) is 77.3 cm³/mol. The number of rotatable bonds is 5. The van der Waals surface area contributed by atoms with Crippen LogP contribution in [0.15, 0.2) is 18.2 Å². The molecule has 0 amide bonds. The Morgan fingerprint density at radius 1 is 1.44 bits per heavy atom. The maximum Gasteiger partial charge on any atom is 0.137 e. The number of halogens is 1. The number of nitrogens with two attached hydrogens (primary N) is 1. The van der Waals surface area contributed by atoms with Gasteiger partial charge in [0, 0.05) is 11.6 Å². The van der Waals surface area contributed by atoms with Gasteiger partial charge in [-0.05, 0) is 45.1 Å². The number of likely N-dealkylation sites (N-methyl/N-ethyl adjacent to an activating group) is 1. The van der Waals surface area contributed by atoms with Crippen molar-refractivity contribution in [1.29, 1.82) is 0 Å². The van der Waals surface area contributed by atoms with Crippen molar-refractivity contribution in [2.24, 2.45) is 5.73 Å². The van der Waals surface area contributed by atoms with E-state index in [-0.39, 0.29) is 11.6 Å². The first kappa shape index (κ1) is 15.3. The van der Waals surface area contributed by atoms with Crippen LogP contribution in [-0.4, -0.2) is 31.6 Å². The fraction of sp³-hybridized carbons (Fsp3) is 0.571. The lowest BCUT2D eigenvalue weighted by Crippen LogP contribution is -2.49. The van der Waals surface area contributed by atoms with Crippen LogP contribution in [0.3, 0.4) is 0 Å². The number of hydrogen-bond donors (Lipinski definition) is 1. The Hall–Kier alpha value is -0.770. The summed E-state index contributed by atoms with van der Waals surface area (Å²) in [5.74, 6) is 0.668. The summed E-state index contributed by atoms with van der Waals surface area (Å²) in [6.07, 6.45) is 0.964. The monoisotopic (exact) mass is 270 g/mol. The minimum Gasteiger partial charge on any atom is -0.495 e. The molecular weight excluding hydrogens is 248 g/mol. The summed E-state index contributed by atoms with van der Waals surface area (Å²) in [6, 6.07) is 5.63. The average Bonchev–Trinajstić information content (AvgIpc) is 2.37. The second-order valence-electron chi connectivity index (χ2n) is 4.98. The summed E-state index contributed by atoms with van der Waals surface area (Å²) < 4.78 is 5.24. The van der Waals surface area contributed by atoms with E-state index in [1.54, 1.807) is 7.11 Å². The molecule has 0 aliphatic rings. The van der Waals surface area contributed by atoms with Crippen LogP contribution in [0.4, 0.5) is 0 Å². The van der Waals surface area contributed by atoms with Crippen LogP contribution in [0.1, 0.15) is 31.9 Å². The summed E-state index contributed by atoms with van der Waals surface area (Å²) in [6.45, 7) is 4.31. The fourth-order valence-electron chi connectivity index (χ4n) is 2.04. The van der Waals surface area contributed by atoms with Gasteiger partial charge in [0.2, 0.25) is 0 Å². The fourth-order valence-corrected chi connectivity index (χ4v) is 2.24. The Morgan fingerprint density at radius 2 is 2.06 bits per heavy atom. The van der Waals surface area contributed by atoms with Gasteiger partial charge in [0.05, 0.1) is 12.1 Å². The topological polar surface area (TPSA) is 38.5 Å². The van der Waals surface area contributed by atoms with E-state index in [9.17, 15) is 0 Å². The van der Waals surface area contributed by atoms with Crippen molar-refractivity contribution < 1.29 is 4.74 Å². The molecular formula is C14H23ClN2O. The molecule has 3 nitrogen and oxygen atoms in total. The summed E-state index contributed by atoms with van der Waals surface area (Å²) in [5, 5.41) is 0.608. The molecule has 2 N–H and O–H groups in total. The van der Waals surface area contributed by atoms with E-state index < -0.39 is 0 Å². The van der Waals surface area contributed by atoms with E-state index >= 15 is 0 Å². The van der Waals surface area contributed by atoms with E-state index in [4.69, 9.17) is 22.1 Å². The van der Waals surface area contributed by atoms with Crippen LogP contribution < -0.4 is 10.5 Å². The molecule has 0 radical (unpaired) electrons. The molecule has 2 atom stereocenters. The first-order valence-corrected chi connectivity index (χ1v) is 6.51. The second-order valence-corrected chi connectivity index (χ2v) is 5.38. The molecule has 1 aromatic rings. The average molecular weight is 271 g/mol. The van der Waals surface area contributed by atoms with Gasteiger partial charge < -0.3 is 15.4 Å². The molecule has 1 rings (SSSR count). The third-order valence-corrected chi connectivity index (χ3v) is 4.25. The van der Waals surface area contributed by atoms with Crippen molar-refractivity contribution in [3.8, 4) is 5.75 Å². The minimum absolute atomic E-state index is 0.0938. The minimum atomic E-state index is -0.0984. The second kappa shape index (κ2) is 5.91. The molecule has 0 aliphatic heterocycles. The van der Waals surface area contributed by atoms with Gasteiger partial charge in [-0.25, -0.2) is 0 Å². The molecule has 2 unspecified atom stereocenters. The molecule has 0 aromatic heterocycles. The molecule has 1 aromatic carbocycles. The highest BCUT2D eigenvalue weighted by atomic mass is 35.5. The third-order valence-electron chi connectivity index (χ3n) is 3.94. The zero-order chi connectivity index (χ0) is 13.9. The van der Waals surface area contributed by atoms with Gasteiger partial charge in [0.25, 0.3) is 0 Å². The van der Waals surface area contributed by atoms with E-state index in [2.05, 4.69) is 32.8 Å². The maximum absolute atomic E-state index is 6.42. The van der Waals surface area contributed by atoms with Crippen molar-refractivity contribution in [3.63, 3.8) is 0 Å². The molecule has 18 heavy (non-hydrogen) atoms. The Bertz CT molecular complexity index is 409. The Kier molecular flexibility index (Phi) is 5.02. The van der Waals surface area contributed by atoms with Crippen LogP contribution in [0, 0.1) is 0 Å². The number of benzene rings is 1. The van der Waals surface area contributed by atoms with Crippen LogP contribution in [-0.2, 0) is 0 Å². The summed E-state index contributed by atoms with van der Waals surface area (Å²) in [7, 11) is 5.72. The van der Waals surface area contributed by atoms with Crippen LogP contribution in [0.2, 0.25) is 5.02 Å². The lowest BCUT2D eigenvalue weighted by Gasteiger charge is -2.41. The normalized spacial score (nSPS) is 16.4. The number of nitrogens with zero attached hydrogens (tertiary/aromatic N) is 1. The van der Waals surface area contributed by atoms with Gasteiger partial charge >= 0.3 is 0 Å². The molecule has 0 saturated carbocycles. The molecule has 0 bridgehead atoms. The van der Waals surface area contributed by atoms with Crippen molar-refractivity contribution >= 4 is 11.6 Å². The Labute approximate surface area is 115 Å². The highest BCUT2D eigenvalue weighted by Crippen LogP contribution is 2.34. The first-order chi connectivity index (χ1) is 8.36. The van der Waals surface area contributed by atoms with Crippen molar-refractivity contribution in [2.45, 2.75) is 31.8 Å². The van der Waals surface area contributed by atoms with Gasteiger partial charge in [-0.3, -0.25) is 0 Å². The van der Waals surface area contributed by atoms with E-state index in [1.165, 1.54) is 0 Å². The zero-order valence-electron chi connectivity index (χ0n) is 11.8. The van der Waals surface area contributed by atoms with E-state index in [1.807, 2.05) is 18.2 Å². The zero-order valence-corrected chi connectivity index (χ0v) is 12.6. The molecule has 0 heterocycles. The molecule has 0 spiro atoms. The van der Waals surface area contributed by atoms with Gasteiger partial charge in [0.1, 0.15) is 5.75 Å². The smallest absolute Gasteiger partial charge is 0.137 e. The SMILES string of the molecule is CCC(C)(C(N)c1ccc(Cl)c(OC)c1)N(C)C. The van der Waals surface area contributed by atoms with Crippen LogP contribution in [0.5, 0.6) is 5.75 Å². The Balaban J connectivity index is 3.13. The maximum atomic E-state index is 6.42. The van der Waals surface area contributed by atoms with Gasteiger partial charge in [0.15, 0.2) is 0 Å². The molecule has 0 saturated heterocycles. The highest BCUT2D eigenvalue weighted by Gasteiger charge is 2.33. The predicted octanol–water partition coefficient (Wildman–Crippen LogP) is 3.08. The van der Waals surface area contributed by atoms with E-state index in [0.29, 0.717) is 10.8 Å². The molecule has 0 fully saturated rings. The summed E-state index contributed by atoms with van der Waals surface area (Å²) in [4.78, 5) is 2.17. The van der Waals surface area contributed by atoms with Crippen molar-refractivity contribution in [1.82, 2.24) is 4.90 Å². The van der Waals surface area contributed by atoms with Gasteiger partial charge in [-0.1, -0.05) is 24.6 Å². The number of hydrogen-bond acceptors (Lipinski definition) is 3. The van der Waals surface area contributed by atoms with Gasteiger partial charge in [-0.2, -0.15) is 0 Å². The first-order valence-electron chi connectivity index (χ1n) is 6.13. The van der Waals surface area contributed by atoms with Crippen LogP contribution >= 0.6 is 11.6 Å². The highest BCUT2D eigenvalue weighted by molar-refractivity contribution is 6.32. The number of ether oxygens (including phenoxy) is 1. The van der Waals surface area contributed by atoms with Crippen molar-refractivity contribution in [2.75, 3.05) is 21.2 Å². The molecule has 0 aliphatic carbocycles. The van der Waals surface area contributed by atoms with Crippen LogP contribution in [0.25, 0.3) is 0 Å². The third kappa shape index (κ3) is 2.79. The lowest BCUT2D eigenvalue weighted by molar-refractivity contribution is 0.132. The molecule has 102 valence electrons. The summed E-state index contributed by atoms with van der Waals surface area (Å²) >= 11 is 6.04. The summed E-state index contributed by atoms with van der Waals surface area (Å²) in [5.41, 5.74) is 7.36. The van der Waals surface area contributed by atoms with Gasteiger partial charge in [-0.15, -0.1) is 0 Å². The Morgan fingerprint density at radius 3 is 2.50 bits per heavy atom. The van der Waals surface area contributed by atoms with Crippen molar-refractivity contribution in [3.05, 3.63) is 28.8 Å². The standard InChI is InChI=1S/C14H23ClN2O/c1-6-14(2,17(3)4)13(16)10-7-8-11(15)12(9-10)18-5/h7-9,13H,6,16H2,1-5H3. The largest absolute Gasteiger partial charge is 0.495 e. The quantitative estimate of drug-likeness (QED) is 0.894. The lowest BCUT2D eigenvalue weighted by atomic mass is 9.84.